The van der Waals surface area contributed by atoms with Gasteiger partial charge in [-0.1, -0.05) is 17.7 Å². The summed E-state index contributed by atoms with van der Waals surface area (Å²) >= 11 is 6.87. The zero-order valence-electron chi connectivity index (χ0n) is 8.48. The second-order valence-electron chi connectivity index (χ2n) is 2.97. The standard InChI is InChI=1S/C9H9ClN4OS/c1-15-7-3-2-6(4-11-7)5-12-9-8(10)13-16-14-9/h2-4H,5H2,1H3,(H,12,14). The van der Waals surface area contributed by atoms with Crippen molar-refractivity contribution in [1.82, 2.24) is 13.7 Å². The lowest BCUT2D eigenvalue weighted by Crippen LogP contribution is -2.00. The lowest BCUT2D eigenvalue weighted by Gasteiger charge is -2.03. The summed E-state index contributed by atoms with van der Waals surface area (Å²) in [6.45, 7) is 0.599. The number of ether oxygens (including phenoxy) is 1. The van der Waals surface area contributed by atoms with Gasteiger partial charge in [0, 0.05) is 18.8 Å². The first-order valence-corrected chi connectivity index (χ1v) is 5.61. The van der Waals surface area contributed by atoms with Crippen molar-refractivity contribution in [2.75, 3.05) is 12.4 Å². The zero-order valence-corrected chi connectivity index (χ0v) is 10.0. The Hall–Kier alpha value is -1.40. The van der Waals surface area contributed by atoms with Crippen LogP contribution in [0.15, 0.2) is 18.3 Å². The van der Waals surface area contributed by atoms with Crippen LogP contribution in [0.3, 0.4) is 0 Å². The van der Waals surface area contributed by atoms with E-state index in [0.717, 1.165) is 17.3 Å². The SMILES string of the molecule is COc1ccc(CNc2nsnc2Cl)cn1. The number of halogens is 1. The quantitative estimate of drug-likeness (QED) is 0.909. The maximum Gasteiger partial charge on any atom is 0.212 e. The molecule has 0 radical (unpaired) electrons. The third-order valence-electron chi connectivity index (χ3n) is 1.92. The number of rotatable bonds is 4. The molecule has 0 unspecified atom stereocenters. The van der Waals surface area contributed by atoms with Gasteiger partial charge >= 0.3 is 0 Å². The van der Waals surface area contributed by atoms with E-state index in [4.69, 9.17) is 16.3 Å². The van der Waals surface area contributed by atoms with Gasteiger partial charge in [0.05, 0.1) is 18.8 Å². The normalized spacial score (nSPS) is 10.1. The van der Waals surface area contributed by atoms with Crippen molar-refractivity contribution in [1.29, 1.82) is 0 Å². The van der Waals surface area contributed by atoms with E-state index in [1.165, 1.54) is 0 Å². The Bertz CT molecular complexity index is 459. The molecule has 2 heterocycles. The van der Waals surface area contributed by atoms with Gasteiger partial charge in [0.25, 0.3) is 0 Å². The van der Waals surface area contributed by atoms with E-state index in [1.54, 1.807) is 19.4 Å². The lowest BCUT2D eigenvalue weighted by molar-refractivity contribution is 0.397. The van der Waals surface area contributed by atoms with Crippen molar-refractivity contribution in [3.63, 3.8) is 0 Å². The highest BCUT2D eigenvalue weighted by atomic mass is 35.5. The minimum atomic E-state index is 0.395. The van der Waals surface area contributed by atoms with Crippen LogP contribution in [0.2, 0.25) is 5.15 Å². The number of nitrogens with one attached hydrogen (secondary N) is 1. The summed E-state index contributed by atoms with van der Waals surface area (Å²) in [5, 5.41) is 3.47. The second kappa shape index (κ2) is 5.09. The Kier molecular flexibility index (Phi) is 3.53. The van der Waals surface area contributed by atoms with Crippen LogP contribution in [0.4, 0.5) is 5.82 Å². The van der Waals surface area contributed by atoms with Gasteiger partial charge in [-0.2, -0.15) is 8.75 Å². The summed E-state index contributed by atoms with van der Waals surface area (Å²) in [5.41, 5.74) is 1.02. The van der Waals surface area contributed by atoms with E-state index in [0.29, 0.717) is 23.4 Å². The van der Waals surface area contributed by atoms with Gasteiger partial charge in [-0.15, -0.1) is 0 Å². The molecule has 0 bridgehead atoms. The van der Waals surface area contributed by atoms with E-state index in [-0.39, 0.29) is 0 Å². The third-order valence-corrected chi connectivity index (χ3v) is 2.81. The van der Waals surface area contributed by atoms with Crippen LogP contribution >= 0.6 is 23.3 Å². The molecule has 0 saturated carbocycles. The predicted octanol–water partition coefficient (Wildman–Crippen LogP) is 2.21. The fourth-order valence-electron chi connectivity index (χ4n) is 1.11. The number of anilines is 1. The molecule has 0 aromatic carbocycles. The Morgan fingerprint density at radius 3 is 2.88 bits per heavy atom. The summed E-state index contributed by atoms with van der Waals surface area (Å²) in [6, 6.07) is 3.73. The van der Waals surface area contributed by atoms with Gasteiger partial charge in [0.2, 0.25) is 5.88 Å². The average Bonchev–Trinajstić information content (AvgIpc) is 2.73. The fourth-order valence-corrected chi connectivity index (χ4v) is 1.79. The molecular formula is C9H9ClN4OS. The number of hydrogen-bond donors (Lipinski definition) is 1. The molecule has 16 heavy (non-hydrogen) atoms. The van der Waals surface area contributed by atoms with Gasteiger partial charge in [0.1, 0.15) is 0 Å². The van der Waals surface area contributed by atoms with E-state index in [2.05, 4.69) is 19.0 Å². The summed E-state index contributed by atoms with van der Waals surface area (Å²) in [4.78, 5) is 4.09. The smallest absolute Gasteiger partial charge is 0.212 e. The largest absolute Gasteiger partial charge is 0.481 e. The van der Waals surface area contributed by atoms with Gasteiger partial charge in [-0.25, -0.2) is 4.98 Å². The van der Waals surface area contributed by atoms with Crippen LogP contribution in [-0.4, -0.2) is 20.8 Å². The topological polar surface area (TPSA) is 59.9 Å². The summed E-state index contributed by atoms with van der Waals surface area (Å²) in [5.74, 6) is 1.19. The molecule has 0 aliphatic carbocycles. The number of nitrogens with zero attached hydrogens (tertiary/aromatic N) is 3. The van der Waals surface area contributed by atoms with Crippen molar-refractivity contribution in [3.8, 4) is 5.88 Å². The van der Waals surface area contributed by atoms with E-state index in [9.17, 15) is 0 Å². The maximum atomic E-state index is 5.79. The molecule has 0 aliphatic heterocycles. The van der Waals surface area contributed by atoms with Crippen molar-refractivity contribution in [3.05, 3.63) is 29.0 Å². The average molecular weight is 257 g/mol. The van der Waals surface area contributed by atoms with Gasteiger partial charge in [0.15, 0.2) is 11.0 Å². The Morgan fingerprint density at radius 1 is 1.44 bits per heavy atom. The van der Waals surface area contributed by atoms with Crippen molar-refractivity contribution < 1.29 is 4.74 Å². The van der Waals surface area contributed by atoms with Gasteiger partial charge in [-0.3, -0.25) is 0 Å². The zero-order chi connectivity index (χ0) is 11.4. The van der Waals surface area contributed by atoms with Crippen LogP contribution in [0, 0.1) is 0 Å². The van der Waals surface area contributed by atoms with Crippen molar-refractivity contribution in [2.24, 2.45) is 0 Å². The second-order valence-corrected chi connectivity index (χ2v) is 3.85. The molecule has 0 aliphatic rings. The first kappa shape index (κ1) is 11.1. The van der Waals surface area contributed by atoms with Gasteiger partial charge < -0.3 is 10.1 Å². The first-order valence-electron chi connectivity index (χ1n) is 4.50. The molecule has 0 fully saturated rings. The number of aromatic nitrogens is 3. The minimum absolute atomic E-state index is 0.395. The highest BCUT2D eigenvalue weighted by Gasteiger charge is 2.04. The maximum absolute atomic E-state index is 5.79. The minimum Gasteiger partial charge on any atom is -0.481 e. The Balaban J connectivity index is 1.97. The molecule has 0 atom stereocenters. The molecule has 2 aromatic rings. The van der Waals surface area contributed by atoms with E-state index < -0.39 is 0 Å². The molecule has 5 nitrogen and oxygen atoms in total. The van der Waals surface area contributed by atoms with Crippen LogP contribution in [0.1, 0.15) is 5.56 Å². The Labute approximate surface area is 102 Å². The highest BCUT2D eigenvalue weighted by Crippen LogP contribution is 2.18. The molecule has 0 saturated heterocycles. The van der Waals surface area contributed by atoms with E-state index in [1.807, 2.05) is 6.07 Å². The van der Waals surface area contributed by atoms with Crippen molar-refractivity contribution in [2.45, 2.75) is 6.54 Å². The third kappa shape index (κ3) is 2.59. The lowest BCUT2D eigenvalue weighted by atomic mass is 10.3. The van der Waals surface area contributed by atoms with Crippen LogP contribution in [0.5, 0.6) is 5.88 Å². The molecule has 0 amide bonds. The summed E-state index contributed by atoms with van der Waals surface area (Å²) < 4.78 is 12.8. The van der Waals surface area contributed by atoms with Crippen LogP contribution < -0.4 is 10.1 Å². The monoisotopic (exact) mass is 256 g/mol. The molecule has 2 aromatic heterocycles. The van der Waals surface area contributed by atoms with Gasteiger partial charge in [-0.05, 0) is 5.56 Å². The molecule has 1 N–H and O–H groups in total. The Morgan fingerprint density at radius 2 is 2.31 bits per heavy atom. The molecule has 0 spiro atoms. The fraction of sp³-hybridized carbons (Fsp3) is 0.222. The van der Waals surface area contributed by atoms with Crippen LogP contribution in [-0.2, 0) is 6.54 Å². The van der Waals surface area contributed by atoms with Crippen molar-refractivity contribution >= 4 is 29.1 Å². The molecular weight excluding hydrogens is 248 g/mol. The first-order chi connectivity index (χ1) is 7.79. The number of pyridine rings is 1. The summed E-state index contributed by atoms with van der Waals surface area (Å²) in [7, 11) is 1.58. The number of methoxy groups -OCH3 is 1. The number of hydrogen-bond acceptors (Lipinski definition) is 6. The molecule has 84 valence electrons. The molecule has 2 rings (SSSR count). The highest BCUT2D eigenvalue weighted by molar-refractivity contribution is 6.99. The van der Waals surface area contributed by atoms with E-state index >= 15 is 0 Å². The van der Waals surface area contributed by atoms with Crippen LogP contribution in [0.25, 0.3) is 0 Å². The molecule has 7 heteroatoms. The predicted molar refractivity (Wildman–Crippen MR) is 63.0 cm³/mol. The summed E-state index contributed by atoms with van der Waals surface area (Å²) in [6.07, 6.45) is 1.74.